The van der Waals surface area contributed by atoms with Crippen molar-refractivity contribution in [2.24, 2.45) is 5.92 Å². The minimum absolute atomic E-state index is 0.165. The number of amides is 1. The Kier molecular flexibility index (Phi) is 4.82. The Morgan fingerprint density at radius 1 is 1.47 bits per heavy atom. The van der Waals surface area contributed by atoms with Crippen LogP contribution in [0.25, 0.3) is 0 Å². The van der Waals surface area contributed by atoms with Gasteiger partial charge in [-0.25, -0.2) is 0 Å². The number of likely N-dealkylation sites (tertiary alicyclic amines) is 1. The predicted molar refractivity (Wildman–Crippen MR) is 80.6 cm³/mol. The van der Waals surface area contributed by atoms with Gasteiger partial charge in [0, 0.05) is 35.2 Å². The second-order valence-corrected chi connectivity index (χ2v) is 5.83. The summed E-state index contributed by atoms with van der Waals surface area (Å²) in [6.07, 6.45) is 1.84. The fraction of sp³-hybridized carbons (Fsp3) is 0.500. The highest BCUT2D eigenvalue weighted by atomic mass is 79.9. The van der Waals surface area contributed by atoms with Crippen molar-refractivity contribution < 1.29 is 4.79 Å². The highest BCUT2D eigenvalue weighted by Gasteiger charge is 2.24. The van der Waals surface area contributed by atoms with Crippen LogP contribution in [0.5, 0.6) is 0 Å². The Balaban J connectivity index is 1.94. The van der Waals surface area contributed by atoms with Gasteiger partial charge < -0.3 is 11.1 Å². The van der Waals surface area contributed by atoms with Gasteiger partial charge in [-0.3, -0.25) is 9.69 Å². The van der Waals surface area contributed by atoms with Crippen molar-refractivity contribution in [1.82, 2.24) is 10.2 Å². The van der Waals surface area contributed by atoms with Crippen molar-refractivity contribution in [2.75, 3.05) is 25.9 Å². The maximum absolute atomic E-state index is 11.6. The first-order valence-electron chi connectivity index (χ1n) is 6.58. The average molecular weight is 326 g/mol. The standard InChI is InChI=1S/C14H20BrN3O/c1-17-14(19)10-5-7-18(8-6-10)9-11-12(15)3-2-4-13(11)16/h2-4,10H,5-9,16H2,1H3,(H,17,19). The van der Waals surface area contributed by atoms with E-state index in [9.17, 15) is 4.79 Å². The molecule has 1 aliphatic heterocycles. The molecular formula is C14H20BrN3O. The highest BCUT2D eigenvalue weighted by molar-refractivity contribution is 9.10. The normalized spacial score (nSPS) is 17.4. The minimum Gasteiger partial charge on any atom is -0.398 e. The van der Waals surface area contributed by atoms with Gasteiger partial charge >= 0.3 is 0 Å². The molecule has 1 aliphatic rings. The van der Waals surface area contributed by atoms with Gasteiger partial charge in [0.15, 0.2) is 0 Å². The molecule has 1 amide bonds. The SMILES string of the molecule is CNC(=O)C1CCN(Cc2c(N)cccc2Br)CC1. The smallest absolute Gasteiger partial charge is 0.222 e. The third-order valence-corrected chi connectivity index (χ3v) is 4.48. The maximum Gasteiger partial charge on any atom is 0.222 e. The Morgan fingerprint density at radius 2 is 2.16 bits per heavy atom. The lowest BCUT2D eigenvalue weighted by atomic mass is 9.95. The summed E-state index contributed by atoms with van der Waals surface area (Å²) in [5.74, 6) is 0.331. The molecule has 2 rings (SSSR count). The van der Waals surface area contributed by atoms with E-state index in [1.807, 2.05) is 18.2 Å². The number of nitrogens with one attached hydrogen (secondary N) is 1. The van der Waals surface area contributed by atoms with E-state index in [2.05, 4.69) is 26.1 Å². The van der Waals surface area contributed by atoms with Crippen molar-refractivity contribution in [2.45, 2.75) is 19.4 Å². The largest absolute Gasteiger partial charge is 0.398 e. The number of nitrogens with two attached hydrogens (primary N) is 1. The van der Waals surface area contributed by atoms with E-state index in [4.69, 9.17) is 5.73 Å². The Morgan fingerprint density at radius 3 is 2.74 bits per heavy atom. The molecule has 1 fully saturated rings. The zero-order valence-corrected chi connectivity index (χ0v) is 12.7. The summed E-state index contributed by atoms with van der Waals surface area (Å²) < 4.78 is 1.06. The van der Waals surface area contributed by atoms with Crippen molar-refractivity contribution in [3.63, 3.8) is 0 Å². The van der Waals surface area contributed by atoms with Crippen molar-refractivity contribution in [3.8, 4) is 0 Å². The van der Waals surface area contributed by atoms with Crippen LogP contribution in [-0.4, -0.2) is 30.9 Å². The topological polar surface area (TPSA) is 58.4 Å². The van der Waals surface area contributed by atoms with Crippen LogP contribution in [0.3, 0.4) is 0 Å². The van der Waals surface area contributed by atoms with Crippen LogP contribution >= 0.6 is 15.9 Å². The molecule has 3 N–H and O–H groups in total. The molecule has 1 aromatic rings. The van der Waals surface area contributed by atoms with Gasteiger partial charge in [0.1, 0.15) is 0 Å². The van der Waals surface area contributed by atoms with E-state index >= 15 is 0 Å². The maximum atomic E-state index is 11.6. The molecule has 1 heterocycles. The van der Waals surface area contributed by atoms with E-state index in [1.54, 1.807) is 7.05 Å². The van der Waals surface area contributed by atoms with Crippen LogP contribution in [-0.2, 0) is 11.3 Å². The lowest BCUT2D eigenvalue weighted by molar-refractivity contribution is -0.125. The molecule has 4 nitrogen and oxygen atoms in total. The minimum atomic E-state index is 0.165. The molecule has 104 valence electrons. The summed E-state index contributed by atoms with van der Waals surface area (Å²) in [5.41, 5.74) is 7.98. The van der Waals surface area contributed by atoms with E-state index in [-0.39, 0.29) is 11.8 Å². The number of benzene rings is 1. The number of nitrogen functional groups attached to an aromatic ring is 1. The third kappa shape index (κ3) is 3.48. The van der Waals surface area contributed by atoms with Gasteiger partial charge in [0.25, 0.3) is 0 Å². The van der Waals surface area contributed by atoms with Gasteiger partial charge in [0.2, 0.25) is 5.91 Å². The van der Waals surface area contributed by atoms with Gasteiger partial charge in [-0.1, -0.05) is 22.0 Å². The monoisotopic (exact) mass is 325 g/mol. The Hall–Kier alpha value is -1.07. The number of hydrogen-bond donors (Lipinski definition) is 2. The molecule has 0 aliphatic carbocycles. The summed E-state index contributed by atoms with van der Waals surface area (Å²) in [4.78, 5) is 13.9. The molecule has 0 radical (unpaired) electrons. The molecule has 0 unspecified atom stereocenters. The summed E-state index contributed by atoms with van der Waals surface area (Å²) >= 11 is 3.55. The van der Waals surface area contributed by atoms with Crippen LogP contribution in [0.4, 0.5) is 5.69 Å². The van der Waals surface area contributed by atoms with Crippen molar-refractivity contribution >= 4 is 27.5 Å². The second kappa shape index (κ2) is 6.39. The third-order valence-electron chi connectivity index (χ3n) is 3.74. The van der Waals surface area contributed by atoms with E-state index in [0.717, 1.165) is 48.2 Å². The van der Waals surface area contributed by atoms with E-state index < -0.39 is 0 Å². The van der Waals surface area contributed by atoms with Gasteiger partial charge in [-0.15, -0.1) is 0 Å². The number of anilines is 1. The quantitative estimate of drug-likeness (QED) is 0.835. The molecule has 19 heavy (non-hydrogen) atoms. The van der Waals surface area contributed by atoms with Crippen molar-refractivity contribution in [3.05, 3.63) is 28.2 Å². The number of hydrogen-bond acceptors (Lipinski definition) is 3. The molecule has 0 spiro atoms. The molecular weight excluding hydrogens is 306 g/mol. The van der Waals surface area contributed by atoms with Crippen LogP contribution in [0.15, 0.2) is 22.7 Å². The second-order valence-electron chi connectivity index (χ2n) is 4.97. The molecule has 0 saturated carbocycles. The van der Waals surface area contributed by atoms with Gasteiger partial charge in [0.05, 0.1) is 0 Å². The van der Waals surface area contributed by atoms with Crippen LogP contribution in [0.2, 0.25) is 0 Å². The van der Waals surface area contributed by atoms with Crippen LogP contribution < -0.4 is 11.1 Å². The van der Waals surface area contributed by atoms with Crippen molar-refractivity contribution in [1.29, 1.82) is 0 Å². The predicted octanol–water partition coefficient (Wildman–Crippen LogP) is 1.99. The summed E-state index contributed by atoms with van der Waals surface area (Å²) in [7, 11) is 1.70. The first-order chi connectivity index (χ1) is 9.11. The average Bonchev–Trinajstić information content (AvgIpc) is 2.43. The van der Waals surface area contributed by atoms with Gasteiger partial charge in [-0.2, -0.15) is 0 Å². The number of piperidine rings is 1. The molecule has 5 heteroatoms. The zero-order valence-electron chi connectivity index (χ0n) is 11.2. The molecule has 1 aromatic carbocycles. The fourth-order valence-corrected chi connectivity index (χ4v) is 3.03. The first kappa shape index (κ1) is 14.3. The summed E-state index contributed by atoms with van der Waals surface area (Å²) in [6.45, 7) is 2.73. The molecule has 0 aromatic heterocycles. The number of nitrogens with zero attached hydrogens (tertiary/aromatic N) is 1. The number of rotatable bonds is 3. The highest BCUT2D eigenvalue weighted by Crippen LogP contribution is 2.26. The molecule has 0 bridgehead atoms. The van der Waals surface area contributed by atoms with E-state index in [0.29, 0.717) is 0 Å². The molecule has 1 saturated heterocycles. The fourth-order valence-electron chi connectivity index (χ4n) is 2.52. The van der Waals surface area contributed by atoms with Gasteiger partial charge in [-0.05, 0) is 38.1 Å². The summed E-state index contributed by atoms with van der Waals surface area (Å²) in [6, 6.07) is 5.89. The first-order valence-corrected chi connectivity index (χ1v) is 7.38. The summed E-state index contributed by atoms with van der Waals surface area (Å²) in [5, 5.41) is 2.73. The van der Waals surface area contributed by atoms with E-state index in [1.165, 1.54) is 0 Å². The number of carbonyl (C=O) groups excluding carboxylic acids is 1. The van der Waals surface area contributed by atoms with Crippen LogP contribution in [0.1, 0.15) is 18.4 Å². The Labute approximate surface area is 122 Å². The lowest BCUT2D eigenvalue weighted by Crippen LogP contribution is -2.39. The zero-order chi connectivity index (χ0) is 13.8. The number of carbonyl (C=O) groups is 1. The molecule has 0 atom stereocenters. The van der Waals surface area contributed by atoms with Crippen LogP contribution in [0, 0.1) is 5.92 Å². The Bertz CT molecular complexity index is 436. The lowest BCUT2D eigenvalue weighted by Gasteiger charge is -2.31. The number of halogens is 1.